The van der Waals surface area contributed by atoms with Gasteiger partial charge >= 0.3 is 0 Å². The average Bonchev–Trinajstić information content (AvgIpc) is 2.03. The highest BCUT2D eigenvalue weighted by atomic mass is 16.1. The van der Waals surface area contributed by atoms with Crippen LogP contribution in [0.3, 0.4) is 0 Å². The maximum atomic E-state index is 10.6. The zero-order valence-corrected chi connectivity index (χ0v) is 9.60. The Morgan fingerprint density at radius 3 is 2.00 bits per heavy atom. The van der Waals surface area contributed by atoms with Crippen molar-refractivity contribution in [1.82, 2.24) is 0 Å². The van der Waals surface area contributed by atoms with Crippen LogP contribution in [-0.2, 0) is 4.79 Å². The second-order valence-corrected chi connectivity index (χ2v) is 3.87. The standard InChI is InChI=1S/C7H15NO.C4H10/c1-2-7(9)5-3-4-6-8;1-4(2)3/h2-6,8H2,1H3;4H,1-3H3. The third-order valence-corrected chi connectivity index (χ3v) is 1.30. The molecule has 0 rings (SSSR count). The fourth-order valence-corrected chi connectivity index (χ4v) is 0.643. The molecule has 0 aliphatic carbocycles. The van der Waals surface area contributed by atoms with Crippen LogP contribution in [-0.4, -0.2) is 12.3 Å². The van der Waals surface area contributed by atoms with E-state index in [-0.39, 0.29) is 0 Å². The summed E-state index contributed by atoms with van der Waals surface area (Å²) in [5.41, 5.74) is 5.24. The Kier molecular flexibility index (Phi) is 13.5. The maximum Gasteiger partial charge on any atom is 0.132 e. The Morgan fingerprint density at radius 2 is 1.69 bits per heavy atom. The molecule has 13 heavy (non-hydrogen) atoms. The Morgan fingerprint density at radius 1 is 1.23 bits per heavy atom. The molecule has 0 unspecified atom stereocenters. The van der Waals surface area contributed by atoms with Crippen LogP contribution in [0.15, 0.2) is 0 Å². The minimum Gasteiger partial charge on any atom is -0.330 e. The minimum absolute atomic E-state index is 0.350. The lowest BCUT2D eigenvalue weighted by molar-refractivity contribution is -0.118. The van der Waals surface area contributed by atoms with Gasteiger partial charge in [-0.2, -0.15) is 0 Å². The van der Waals surface area contributed by atoms with E-state index in [9.17, 15) is 4.79 Å². The lowest BCUT2D eigenvalue weighted by atomic mass is 10.1. The molecule has 0 saturated heterocycles. The van der Waals surface area contributed by atoms with Crippen LogP contribution in [0, 0.1) is 5.92 Å². The van der Waals surface area contributed by atoms with E-state index in [1.165, 1.54) is 0 Å². The van der Waals surface area contributed by atoms with E-state index in [0.29, 0.717) is 25.2 Å². The van der Waals surface area contributed by atoms with Crippen molar-refractivity contribution < 1.29 is 4.79 Å². The predicted octanol–water partition coefficient (Wildman–Crippen LogP) is 2.76. The van der Waals surface area contributed by atoms with E-state index in [2.05, 4.69) is 20.8 Å². The summed E-state index contributed by atoms with van der Waals surface area (Å²) in [6.07, 6.45) is 3.33. The molecule has 0 radical (unpaired) electrons. The fourth-order valence-electron chi connectivity index (χ4n) is 0.643. The molecule has 2 nitrogen and oxygen atoms in total. The summed E-state index contributed by atoms with van der Waals surface area (Å²) in [4.78, 5) is 10.6. The molecular formula is C11H25NO. The van der Waals surface area contributed by atoms with E-state index in [1.54, 1.807) is 0 Å². The van der Waals surface area contributed by atoms with Crippen LogP contribution in [0.4, 0.5) is 0 Å². The number of rotatable bonds is 5. The summed E-state index contributed by atoms with van der Waals surface area (Å²) in [6, 6.07) is 0. The van der Waals surface area contributed by atoms with E-state index in [0.717, 1.165) is 18.8 Å². The Hall–Kier alpha value is -0.370. The monoisotopic (exact) mass is 187 g/mol. The third kappa shape index (κ3) is 24.5. The minimum atomic E-state index is 0.350. The molecule has 0 atom stereocenters. The van der Waals surface area contributed by atoms with Gasteiger partial charge in [0.15, 0.2) is 0 Å². The van der Waals surface area contributed by atoms with Crippen molar-refractivity contribution in [2.75, 3.05) is 6.54 Å². The normalized spacial score (nSPS) is 9.38. The van der Waals surface area contributed by atoms with Crippen LogP contribution in [0.2, 0.25) is 0 Å². The van der Waals surface area contributed by atoms with Crippen LogP contribution < -0.4 is 5.73 Å². The Bertz CT molecular complexity index is 108. The van der Waals surface area contributed by atoms with Crippen molar-refractivity contribution in [2.45, 2.75) is 53.4 Å². The number of hydrogen-bond donors (Lipinski definition) is 1. The molecule has 0 aromatic carbocycles. The number of carbonyl (C=O) groups excluding carboxylic acids is 1. The molecule has 2 N–H and O–H groups in total. The van der Waals surface area contributed by atoms with Gasteiger partial charge in [-0.25, -0.2) is 0 Å². The number of unbranched alkanes of at least 4 members (excludes halogenated alkanes) is 1. The first-order valence-electron chi connectivity index (χ1n) is 5.26. The Balaban J connectivity index is 0. The number of ketones is 1. The number of carbonyl (C=O) groups is 1. The molecule has 0 aliphatic rings. The second-order valence-electron chi connectivity index (χ2n) is 3.87. The van der Waals surface area contributed by atoms with Crippen molar-refractivity contribution in [1.29, 1.82) is 0 Å². The van der Waals surface area contributed by atoms with Crippen LogP contribution >= 0.6 is 0 Å². The molecular weight excluding hydrogens is 162 g/mol. The van der Waals surface area contributed by atoms with Gasteiger partial charge in [0, 0.05) is 12.8 Å². The van der Waals surface area contributed by atoms with Gasteiger partial charge in [-0.15, -0.1) is 0 Å². The van der Waals surface area contributed by atoms with Gasteiger partial charge < -0.3 is 5.73 Å². The van der Waals surface area contributed by atoms with E-state index >= 15 is 0 Å². The van der Waals surface area contributed by atoms with Crippen molar-refractivity contribution >= 4 is 5.78 Å². The average molecular weight is 187 g/mol. The summed E-state index contributed by atoms with van der Waals surface area (Å²) in [5, 5.41) is 0. The number of Topliss-reactive ketones (excluding diaryl/α,β-unsaturated/α-hetero) is 1. The molecule has 0 bridgehead atoms. The van der Waals surface area contributed by atoms with Gasteiger partial charge in [0.25, 0.3) is 0 Å². The largest absolute Gasteiger partial charge is 0.330 e. The zero-order valence-electron chi connectivity index (χ0n) is 9.60. The van der Waals surface area contributed by atoms with E-state index in [1.807, 2.05) is 6.92 Å². The molecule has 0 heterocycles. The van der Waals surface area contributed by atoms with Crippen molar-refractivity contribution in [3.05, 3.63) is 0 Å². The summed E-state index contributed by atoms with van der Waals surface area (Å²) < 4.78 is 0. The van der Waals surface area contributed by atoms with Crippen LogP contribution in [0.5, 0.6) is 0 Å². The lowest BCUT2D eigenvalue weighted by Crippen LogP contribution is -2.00. The summed E-state index contributed by atoms with van der Waals surface area (Å²) in [6.45, 7) is 9.10. The van der Waals surface area contributed by atoms with Gasteiger partial charge in [-0.1, -0.05) is 27.7 Å². The molecule has 0 aromatic heterocycles. The molecule has 80 valence electrons. The van der Waals surface area contributed by atoms with Gasteiger partial charge in [-0.3, -0.25) is 4.79 Å². The van der Waals surface area contributed by atoms with Crippen LogP contribution in [0.1, 0.15) is 53.4 Å². The molecule has 0 spiro atoms. The molecule has 0 amide bonds. The van der Waals surface area contributed by atoms with Crippen LogP contribution in [0.25, 0.3) is 0 Å². The summed E-state index contributed by atoms with van der Waals surface area (Å²) in [5.74, 6) is 1.18. The second kappa shape index (κ2) is 11.6. The first-order chi connectivity index (χ1) is 6.04. The molecule has 0 aliphatic heterocycles. The number of nitrogens with two attached hydrogens (primary N) is 1. The summed E-state index contributed by atoms with van der Waals surface area (Å²) in [7, 11) is 0. The van der Waals surface area contributed by atoms with Gasteiger partial charge in [0.1, 0.15) is 5.78 Å². The highest BCUT2D eigenvalue weighted by Gasteiger charge is 1.95. The highest BCUT2D eigenvalue weighted by Crippen LogP contribution is 1.96. The van der Waals surface area contributed by atoms with E-state index < -0.39 is 0 Å². The fraction of sp³-hybridized carbons (Fsp3) is 0.909. The van der Waals surface area contributed by atoms with Crippen molar-refractivity contribution in [2.24, 2.45) is 11.7 Å². The smallest absolute Gasteiger partial charge is 0.132 e. The highest BCUT2D eigenvalue weighted by molar-refractivity contribution is 5.77. The first-order valence-corrected chi connectivity index (χ1v) is 5.26. The van der Waals surface area contributed by atoms with Crippen molar-refractivity contribution in [3.63, 3.8) is 0 Å². The van der Waals surface area contributed by atoms with Crippen molar-refractivity contribution in [3.8, 4) is 0 Å². The summed E-state index contributed by atoms with van der Waals surface area (Å²) >= 11 is 0. The van der Waals surface area contributed by atoms with E-state index in [4.69, 9.17) is 5.73 Å². The first kappa shape index (κ1) is 15.1. The number of hydrogen-bond acceptors (Lipinski definition) is 2. The SMILES string of the molecule is CC(C)C.CCC(=O)CCCCN. The topological polar surface area (TPSA) is 43.1 Å². The quantitative estimate of drug-likeness (QED) is 0.672. The zero-order chi connectivity index (χ0) is 10.7. The maximum absolute atomic E-state index is 10.6. The molecule has 0 saturated carbocycles. The third-order valence-electron chi connectivity index (χ3n) is 1.30. The lowest BCUT2D eigenvalue weighted by Gasteiger charge is -1.94. The predicted molar refractivity (Wildman–Crippen MR) is 58.7 cm³/mol. The molecule has 2 heteroatoms. The Labute approximate surface area is 82.9 Å². The van der Waals surface area contributed by atoms with Gasteiger partial charge in [-0.05, 0) is 25.3 Å². The van der Waals surface area contributed by atoms with Gasteiger partial charge in [0.2, 0.25) is 0 Å². The molecule has 0 fully saturated rings. The molecule has 0 aromatic rings. The van der Waals surface area contributed by atoms with Gasteiger partial charge in [0.05, 0.1) is 0 Å².